The van der Waals surface area contributed by atoms with Gasteiger partial charge in [0.2, 0.25) is 17.1 Å². The lowest BCUT2D eigenvalue weighted by Gasteiger charge is -2.21. The average molecular weight is 491 g/mol. The molecule has 10 heteroatoms. The molecule has 0 spiro atoms. The highest BCUT2D eigenvalue weighted by Gasteiger charge is 2.29. The lowest BCUT2D eigenvalue weighted by atomic mass is 9.91. The van der Waals surface area contributed by atoms with Crippen LogP contribution in [0.2, 0.25) is 0 Å². The molecule has 0 bridgehead atoms. The number of amides is 1. The number of phenols is 1. The fraction of sp³-hybridized carbons (Fsp3) is 0.231. The molecule has 0 saturated heterocycles. The lowest BCUT2D eigenvalue weighted by molar-refractivity contribution is -0.122. The molecule has 4 aromatic rings. The number of methoxy groups -OCH3 is 1. The van der Waals surface area contributed by atoms with Crippen molar-refractivity contribution in [2.75, 3.05) is 7.11 Å². The third-order valence-electron chi connectivity index (χ3n) is 5.70. The summed E-state index contributed by atoms with van der Waals surface area (Å²) in [7, 11) is 3.13. The molecule has 0 aliphatic carbocycles. The Morgan fingerprint density at radius 3 is 2.56 bits per heavy atom. The number of nitrogens with zero attached hydrogens (tertiary/aromatic N) is 3. The normalized spacial score (nSPS) is 12.6. The Labute approximate surface area is 206 Å². The SMILES string of the molecule is COc1cc(C(CC(=O)NC(c2ccccc2)c2ncn(C)n2)c2oc(C)cc(=O)c2O)ccc1O. The summed E-state index contributed by atoms with van der Waals surface area (Å²) >= 11 is 0. The summed E-state index contributed by atoms with van der Waals surface area (Å²) in [5.74, 6) is -1.14. The minimum absolute atomic E-state index is 0.0601. The first-order chi connectivity index (χ1) is 17.3. The van der Waals surface area contributed by atoms with Gasteiger partial charge in [-0.25, -0.2) is 4.98 Å². The summed E-state index contributed by atoms with van der Waals surface area (Å²) in [4.78, 5) is 30.0. The number of phenolic OH excluding ortho intramolecular Hbond substituents is 1. The number of aryl methyl sites for hydroxylation is 2. The van der Waals surface area contributed by atoms with E-state index >= 15 is 0 Å². The van der Waals surface area contributed by atoms with E-state index in [0.29, 0.717) is 11.4 Å². The minimum atomic E-state index is -0.861. The molecule has 2 aromatic heterocycles. The van der Waals surface area contributed by atoms with Crippen molar-refractivity contribution >= 4 is 5.91 Å². The van der Waals surface area contributed by atoms with Gasteiger partial charge in [0.1, 0.15) is 18.1 Å². The molecule has 10 nitrogen and oxygen atoms in total. The first-order valence-electron chi connectivity index (χ1n) is 11.2. The maximum Gasteiger partial charge on any atom is 0.227 e. The van der Waals surface area contributed by atoms with Crippen molar-refractivity contribution in [2.24, 2.45) is 7.05 Å². The molecule has 1 amide bonds. The van der Waals surface area contributed by atoms with Crippen LogP contribution in [0.25, 0.3) is 0 Å². The van der Waals surface area contributed by atoms with Crippen molar-refractivity contribution in [3.8, 4) is 17.2 Å². The summed E-state index contributed by atoms with van der Waals surface area (Å²) in [5, 5.41) is 27.9. The second kappa shape index (κ2) is 10.3. The summed E-state index contributed by atoms with van der Waals surface area (Å²) in [6.07, 6.45) is 1.35. The van der Waals surface area contributed by atoms with Gasteiger partial charge in [-0.1, -0.05) is 36.4 Å². The lowest BCUT2D eigenvalue weighted by Crippen LogP contribution is -2.31. The number of carbonyl (C=O) groups is 1. The molecule has 186 valence electrons. The van der Waals surface area contributed by atoms with Gasteiger partial charge in [-0.15, -0.1) is 0 Å². The number of hydrogen-bond acceptors (Lipinski definition) is 8. The molecule has 2 atom stereocenters. The van der Waals surface area contributed by atoms with Crippen molar-refractivity contribution < 1.29 is 24.2 Å². The van der Waals surface area contributed by atoms with Crippen molar-refractivity contribution in [1.82, 2.24) is 20.1 Å². The van der Waals surface area contributed by atoms with Gasteiger partial charge in [0.05, 0.1) is 13.0 Å². The highest BCUT2D eigenvalue weighted by Crippen LogP contribution is 2.37. The van der Waals surface area contributed by atoms with Gasteiger partial charge in [0.15, 0.2) is 23.1 Å². The van der Waals surface area contributed by atoms with Crippen LogP contribution < -0.4 is 15.5 Å². The van der Waals surface area contributed by atoms with Crippen molar-refractivity contribution in [2.45, 2.75) is 25.3 Å². The third-order valence-corrected chi connectivity index (χ3v) is 5.70. The molecule has 2 heterocycles. The Hall–Kier alpha value is -4.60. The number of benzene rings is 2. The molecule has 0 aliphatic rings. The van der Waals surface area contributed by atoms with Gasteiger partial charge in [-0.2, -0.15) is 5.10 Å². The van der Waals surface area contributed by atoms with Crippen LogP contribution >= 0.6 is 0 Å². The predicted molar refractivity (Wildman–Crippen MR) is 130 cm³/mol. The van der Waals surface area contributed by atoms with E-state index in [1.807, 2.05) is 30.3 Å². The number of nitrogens with one attached hydrogen (secondary N) is 1. The second-order valence-electron chi connectivity index (χ2n) is 8.31. The van der Waals surface area contributed by atoms with E-state index in [2.05, 4.69) is 15.4 Å². The second-order valence-corrected chi connectivity index (χ2v) is 8.31. The summed E-state index contributed by atoms with van der Waals surface area (Å²) in [5.41, 5.74) is 0.658. The van der Waals surface area contributed by atoms with Crippen molar-refractivity contribution in [3.05, 3.63) is 99.6 Å². The van der Waals surface area contributed by atoms with Gasteiger partial charge in [0, 0.05) is 19.5 Å². The van der Waals surface area contributed by atoms with Crippen LogP contribution in [-0.4, -0.2) is 38.0 Å². The number of carbonyl (C=O) groups excluding carboxylic acids is 1. The van der Waals surface area contributed by atoms with Crippen LogP contribution in [0.15, 0.2) is 70.1 Å². The van der Waals surface area contributed by atoms with E-state index in [9.17, 15) is 19.8 Å². The fourth-order valence-corrected chi connectivity index (χ4v) is 3.97. The predicted octanol–water partition coefficient (Wildman–Crippen LogP) is 2.92. The maximum absolute atomic E-state index is 13.4. The van der Waals surface area contributed by atoms with Gasteiger partial charge >= 0.3 is 0 Å². The van der Waals surface area contributed by atoms with Gasteiger partial charge in [0.25, 0.3) is 0 Å². The molecule has 4 rings (SSSR count). The highest BCUT2D eigenvalue weighted by molar-refractivity contribution is 5.78. The number of rotatable bonds is 8. The third kappa shape index (κ3) is 5.22. The zero-order valence-electron chi connectivity index (χ0n) is 20.0. The van der Waals surface area contributed by atoms with E-state index in [-0.39, 0.29) is 29.4 Å². The van der Waals surface area contributed by atoms with Crippen LogP contribution in [0.4, 0.5) is 0 Å². The Balaban J connectivity index is 1.72. The highest BCUT2D eigenvalue weighted by atomic mass is 16.5. The van der Waals surface area contributed by atoms with Crippen LogP contribution in [0.5, 0.6) is 17.2 Å². The zero-order valence-corrected chi connectivity index (χ0v) is 20.0. The van der Waals surface area contributed by atoms with E-state index in [1.54, 1.807) is 31.0 Å². The molecule has 0 aliphatic heterocycles. The largest absolute Gasteiger partial charge is 0.504 e. The van der Waals surface area contributed by atoms with Gasteiger partial charge in [-0.05, 0) is 30.2 Å². The summed E-state index contributed by atoms with van der Waals surface area (Å²) in [6, 6.07) is 14.3. The average Bonchev–Trinajstić information content (AvgIpc) is 3.30. The molecule has 3 N–H and O–H groups in total. The van der Waals surface area contributed by atoms with Crippen LogP contribution in [-0.2, 0) is 11.8 Å². The van der Waals surface area contributed by atoms with E-state index in [0.717, 1.165) is 5.56 Å². The monoisotopic (exact) mass is 490 g/mol. The van der Waals surface area contributed by atoms with E-state index in [4.69, 9.17) is 9.15 Å². The van der Waals surface area contributed by atoms with E-state index < -0.39 is 29.0 Å². The Bertz CT molecular complexity index is 1430. The molecule has 0 fully saturated rings. The molecular formula is C26H26N4O6. The first kappa shape index (κ1) is 24.5. The standard InChI is InChI=1S/C26H26N4O6/c1-15-11-20(32)24(34)25(36-15)18(17-9-10-19(31)21(12-17)35-3)13-22(33)28-23(16-7-5-4-6-8-16)26-27-14-30(2)29-26/h4-12,14,18,23,31,34H,13H2,1-3H3,(H,28,33). The Morgan fingerprint density at radius 1 is 1.14 bits per heavy atom. The van der Waals surface area contributed by atoms with Crippen molar-refractivity contribution in [3.63, 3.8) is 0 Å². The minimum Gasteiger partial charge on any atom is -0.504 e. The number of ether oxygens (including phenoxy) is 1. The van der Waals surface area contributed by atoms with E-state index in [1.165, 1.54) is 25.3 Å². The molecular weight excluding hydrogens is 464 g/mol. The fourth-order valence-electron chi connectivity index (χ4n) is 3.97. The molecule has 0 saturated carbocycles. The van der Waals surface area contributed by atoms with Gasteiger partial charge in [-0.3, -0.25) is 14.3 Å². The number of hydrogen-bond donors (Lipinski definition) is 3. The number of aromatic nitrogens is 3. The smallest absolute Gasteiger partial charge is 0.227 e. The Kier molecular flexibility index (Phi) is 7.05. The zero-order chi connectivity index (χ0) is 25.8. The maximum atomic E-state index is 13.4. The van der Waals surface area contributed by atoms with Crippen LogP contribution in [0.3, 0.4) is 0 Å². The Morgan fingerprint density at radius 2 is 1.89 bits per heavy atom. The quantitative estimate of drug-likeness (QED) is 0.343. The van der Waals surface area contributed by atoms with Crippen LogP contribution in [0.1, 0.15) is 46.9 Å². The van der Waals surface area contributed by atoms with Gasteiger partial charge < -0.3 is 24.7 Å². The number of aromatic hydroxyl groups is 2. The van der Waals surface area contributed by atoms with Crippen molar-refractivity contribution in [1.29, 1.82) is 0 Å². The molecule has 36 heavy (non-hydrogen) atoms. The topological polar surface area (TPSA) is 140 Å². The summed E-state index contributed by atoms with van der Waals surface area (Å²) < 4.78 is 12.5. The van der Waals surface area contributed by atoms with Crippen LogP contribution in [0, 0.1) is 6.92 Å². The first-order valence-corrected chi connectivity index (χ1v) is 11.2. The molecule has 2 unspecified atom stereocenters. The summed E-state index contributed by atoms with van der Waals surface area (Å²) in [6.45, 7) is 1.58. The molecule has 2 aromatic carbocycles. The molecule has 0 radical (unpaired) electrons.